The molecular formula is C12H16N2O3S. The first-order chi connectivity index (χ1) is 8.70. The minimum atomic E-state index is -0.470. The number of hydrogen-bond donors (Lipinski definition) is 1. The van der Waals surface area contributed by atoms with Gasteiger partial charge < -0.3 is 10.1 Å². The highest BCUT2D eigenvalue weighted by Crippen LogP contribution is 2.18. The Labute approximate surface area is 110 Å². The van der Waals surface area contributed by atoms with Crippen molar-refractivity contribution < 1.29 is 14.3 Å². The average Bonchev–Trinajstić information content (AvgIpc) is 2.99. The van der Waals surface area contributed by atoms with Crippen molar-refractivity contribution in [3.05, 3.63) is 16.1 Å². The molecule has 1 aliphatic carbocycles. The van der Waals surface area contributed by atoms with Crippen LogP contribution in [0.5, 0.6) is 0 Å². The number of amides is 1. The van der Waals surface area contributed by atoms with E-state index >= 15 is 0 Å². The van der Waals surface area contributed by atoms with Gasteiger partial charge in [-0.05, 0) is 19.8 Å². The van der Waals surface area contributed by atoms with Crippen LogP contribution in [0.3, 0.4) is 0 Å². The minimum Gasteiger partial charge on any atom is -0.461 e. The van der Waals surface area contributed by atoms with Gasteiger partial charge in [-0.15, -0.1) is 11.3 Å². The van der Waals surface area contributed by atoms with Crippen molar-refractivity contribution in [2.75, 3.05) is 6.61 Å². The van der Waals surface area contributed by atoms with Crippen LogP contribution in [0.2, 0.25) is 0 Å². The van der Waals surface area contributed by atoms with Gasteiger partial charge in [-0.1, -0.05) is 12.8 Å². The monoisotopic (exact) mass is 268 g/mol. The summed E-state index contributed by atoms with van der Waals surface area (Å²) in [7, 11) is 0. The van der Waals surface area contributed by atoms with Crippen LogP contribution in [0.4, 0.5) is 0 Å². The number of thiazole rings is 1. The lowest BCUT2D eigenvalue weighted by Crippen LogP contribution is -2.32. The maximum atomic E-state index is 11.9. The summed E-state index contributed by atoms with van der Waals surface area (Å²) < 4.78 is 4.83. The summed E-state index contributed by atoms with van der Waals surface area (Å²) in [5.74, 6) is -0.670. The first-order valence-electron chi connectivity index (χ1n) is 6.14. The fraction of sp³-hybridized carbons (Fsp3) is 0.583. The molecule has 0 atom stereocenters. The standard InChI is InChI=1S/C12H16N2O3S/c1-2-17-12(16)11-14-9(7-18-11)10(15)13-8-5-3-4-6-8/h7-8H,2-6H2,1H3,(H,13,15). The third kappa shape index (κ3) is 3.07. The molecule has 0 bridgehead atoms. The highest BCUT2D eigenvalue weighted by Gasteiger charge is 2.21. The normalized spacial score (nSPS) is 15.6. The molecule has 0 spiro atoms. The molecule has 1 saturated carbocycles. The molecule has 98 valence electrons. The lowest BCUT2D eigenvalue weighted by Gasteiger charge is -2.09. The fourth-order valence-electron chi connectivity index (χ4n) is 1.99. The number of hydrogen-bond acceptors (Lipinski definition) is 5. The Morgan fingerprint density at radius 1 is 1.50 bits per heavy atom. The van der Waals surface area contributed by atoms with Gasteiger partial charge >= 0.3 is 5.97 Å². The first-order valence-corrected chi connectivity index (χ1v) is 7.02. The summed E-state index contributed by atoms with van der Waals surface area (Å²) in [6.45, 7) is 2.04. The van der Waals surface area contributed by atoms with E-state index in [4.69, 9.17) is 4.74 Å². The third-order valence-electron chi connectivity index (χ3n) is 2.88. The van der Waals surface area contributed by atoms with Crippen molar-refractivity contribution in [1.82, 2.24) is 10.3 Å². The summed E-state index contributed by atoms with van der Waals surface area (Å²) in [5.41, 5.74) is 0.301. The van der Waals surface area contributed by atoms with Crippen molar-refractivity contribution in [3.8, 4) is 0 Å². The van der Waals surface area contributed by atoms with E-state index in [0.717, 1.165) is 37.0 Å². The second-order valence-electron chi connectivity index (χ2n) is 4.21. The molecule has 1 aromatic heterocycles. The highest BCUT2D eigenvalue weighted by molar-refractivity contribution is 7.11. The van der Waals surface area contributed by atoms with Crippen LogP contribution in [0.1, 0.15) is 52.9 Å². The van der Waals surface area contributed by atoms with Crippen LogP contribution in [0, 0.1) is 0 Å². The Bertz CT molecular complexity index is 438. The molecule has 18 heavy (non-hydrogen) atoms. The van der Waals surface area contributed by atoms with E-state index in [9.17, 15) is 9.59 Å². The van der Waals surface area contributed by atoms with Crippen LogP contribution < -0.4 is 5.32 Å². The van der Waals surface area contributed by atoms with Crippen LogP contribution in [-0.2, 0) is 4.74 Å². The largest absolute Gasteiger partial charge is 0.461 e. The predicted molar refractivity (Wildman–Crippen MR) is 67.8 cm³/mol. The Morgan fingerprint density at radius 2 is 2.22 bits per heavy atom. The predicted octanol–water partition coefficient (Wildman–Crippen LogP) is 1.99. The zero-order valence-electron chi connectivity index (χ0n) is 10.3. The zero-order chi connectivity index (χ0) is 13.0. The summed E-state index contributed by atoms with van der Waals surface area (Å²) >= 11 is 1.14. The number of carbonyl (C=O) groups is 2. The molecule has 5 nitrogen and oxygen atoms in total. The minimum absolute atomic E-state index is 0.200. The molecule has 1 N–H and O–H groups in total. The Balaban J connectivity index is 1.96. The van der Waals surface area contributed by atoms with E-state index < -0.39 is 5.97 Å². The number of esters is 1. The fourth-order valence-corrected chi connectivity index (χ4v) is 2.68. The molecule has 1 aliphatic rings. The highest BCUT2D eigenvalue weighted by atomic mass is 32.1. The van der Waals surface area contributed by atoms with Crippen molar-refractivity contribution >= 4 is 23.2 Å². The van der Waals surface area contributed by atoms with Gasteiger partial charge in [0.1, 0.15) is 5.69 Å². The van der Waals surface area contributed by atoms with Crippen LogP contribution in [0.15, 0.2) is 5.38 Å². The molecule has 1 heterocycles. The van der Waals surface area contributed by atoms with Gasteiger partial charge in [-0.25, -0.2) is 9.78 Å². The van der Waals surface area contributed by atoms with E-state index in [0.29, 0.717) is 12.3 Å². The molecule has 1 fully saturated rings. The van der Waals surface area contributed by atoms with E-state index in [1.165, 1.54) is 0 Å². The number of aromatic nitrogens is 1. The van der Waals surface area contributed by atoms with Crippen LogP contribution >= 0.6 is 11.3 Å². The van der Waals surface area contributed by atoms with Gasteiger partial charge in [0.25, 0.3) is 5.91 Å². The molecule has 0 aromatic carbocycles. The topological polar surface area (TPSA) is 68.3 Å². The van der Waals surface area contributed by atoms with Gasteiger partial charge in [-0.2, -0.15) is 0 Å². The number of nitrogens with zero attached hydrogens (tertiary/aromatic N) is 1. The second-order valence-corrected chi connectivity index (χ2v) is 5.07. The molecule has 2 rings (SSSR count). The number of nitrogens with one attached hydrogen (secondary N) is 1. The lowest BCUT2D eigenvalue weighted by molar-refractivity contribution is 0.0526. The molecule has 0 unspecified atom stereocenters. The smallest absolute Gasteiger partial charge is 0.367 e. The SMILES string of the molecule is CCOC(=O)c1nc(C(=O)NC2CCCC2)cs1. The Morgan fingerprint density at radius 3 is 2.89 bits per heavy atom. The molecule has 0 aliphatic heterocycles. The molecular weight excluding hydrogens is 252 g/mol. The molecule has 0 saturated heterocycles. The van der Waals surface area contributed by atoms with Gasteiger partial charge in [0, 0.05) is 11.4 Å². The van der Waals surface area contributed by atoms with Gasteiger partial charge in [-0.3, -0.25) is 4.79 Å². The molecule has 0 radical (unpaired) electrons. The maximum Gasteiger partial charge on any atom is 0.367 e. The van der Waals surface area contributed by atoms with Gasteiger partial charge in [0.2, 0.25) is 5.01 Å². The van der Waals surface area contributed by atoms with E-state index in [2.05, 4.69) is 10.3 Å². The molecule has 6 heteroatoms. The Hall–Kier alpha value is -1.43. The second kappa shape index (κ2) is 5.95. The first kappa shape index (κ1) is 13.0. The van der Waals surface area contributed by atoms with Gasteiger partial charge in [0.05, 0.1) is 6.61 Å². The van der Waals surface area contributed by atoms with Crippen LogP contribution in [0.25, 0.3) is 0 Å². The summed E-state index contributed by atoms with van der Waals surface area (Å²) in [4.78, 5) is 27.3. The number of carbonyl (C=O) groups excluding carboxylic acids is 2. The average molecular weight is 268 g/mol. The quantitative estimate of drug-likeness (QED) is 0.848. The third-order valence-corrected chi connectivity index (χ3v) is 3.70. The van der Waals surface area contributed by atoms with E-state index in [-0.39, 0.29) is 17.0 Å². The van der Waals surface area contributed by atoms with Crippen LogP contribution in [-0.4, -0.2) is 29.5 Å². The van der Waals surface area contributed by atoms with Crippen molar-refractivity contribution in [2.45, 2.75) is 38.6 Å². The summed E-state index contributed by atoms with van der Waals surface area (Å²) in [6.07, 6.45) is 4.38. The van der Waals surface area contributed by atoms with Gasteiger partial charge in [0.15, 0.2) is 0 Å². The van der Waals surface area contributed by atoms with Crippen molar-refractivity contribution in [1.29, 1.82) is 0 Å². The lowest BCUT2D eigenvalue weighted by atomic mass is 10.2. The molecule has 1 aromatic rings. The summed E-state index contributed by atoms with van der Waals surface area (Å²) in [5, 5.41) is 4.76. The maximum absolute atomic E-state index is 11.9. The van der Waals surface area contributed by atoms with Crippen molar-refractivity contribution in [3.63, 3.8) is 0 Å². The van der Waals surface area contributed by atoms with E-state index in [1.807, 2.05) is 0 Å². The number of rotatable bonds is 4. The van der Waals surface area contributed by atoms with E-state index in [1.54, 1.807) is 12.3 Å². The molecule has 1 amide bonds. The van der Waals surface area contributed by atoms with Crippen molar-refractivity contribution in [2.24, 2.45) is 0 Å². The number of ether oxygens (including phenoxy) is 1. The summed E-state index contributed by atoms with van der Waals surface area (Å²) in [6, 6.07) is 0.255. The Kier molecular flexibility index (Phi) is 4.30. The zero-order valence-corrected chi connectivity index (χ0v) is 11.1.